The van der Waals surface area contributed by atoms with Gasteiger partial charge in [0.1, 0.15) is 24.0 Å². The van der Waals surface area contributed by atoms with Gasteiger partial charge in [0.2, 0.25) is 11.8 Å². The number of ether oxygens (including phenoxy) is 3. The lowest BCUT2D eigenvalue weighted by atomic mass is 9.93. The van der Waals surface area contributed by atoms with Crippen LogP contribution in [0.3, 0.4) is 0 Å². The number of rotatable bonds is 6. The number of halogens is 1. The first-order valence-corrected chi connectivity index (χ1v) is 14.2. The maximum atomic E-state index is 13.0. The van der Waals surface area contributed by atoms with Crippen LogP contribution >= 0.6 is 11.6 Å². The highest BCUT2D eigenvalue weighted by Gasteiger charge is 2.47. The minimum Gasteiger partial charge on any atom is -0.495 e. The Kier molecular flexibility index (Phi) is 10.6. The Hall–Kier alpha value is -3.36. The number of benzene rings is 2. The second-order valence-electron chi connectivity index (χ2n) is 10.3. The quantitative estimate of drug-likeness (QED) is 0.386. The van der Waals surface area contributed by atoms with E-state index in [0.717, 1.165) is 17.5 Å². The molecule has 214 valence electrons. The minimum atomic E-state index is -0.784. The SMILES string of the molecule is COc1ccc(CC2NC(=O)/C=C/CC([C@H](C)C3OC3c3ccccc3)OC(=O)CCCCCNC2=O)cc1Cl. The number of cyclic esters (lactones) is 1. The van der Waals surface area contributed by atoms with Crippen molar-refractivity contribution in [2.75, 3.05) is 13.7 Å². The van der Waals surface area contributed by atoms with Crippen LogP contribution in [0, 0.1) is 5.92 Å². The second kappa shape index (κ2) is 14.3. The fourth-order valence-corrected chi connectivity index (χ4v) is 5.24. The summed E-state index contributed by atoms with van der Waals surface area (Å²) in [4.78, 5) is 38.5. The molecule has 2 aromatic carbocycles. The zero-order chi connectivity index (χ0) is 28.5. The Labute approximate surface area is 240 Å². The number of methoxy groups -OCH3 is 1. The van der Waals surface area contributed by atoms with Crippen LogP contribution in [0.1, 0.15) is 56.3 Å². The fraction of sp³-hybridized carbons (Fsp3) is 0.452. The summed E-state index contributed by atoms with van der Waals surface area (Å²) in [6.45, 7) is 2.46. The van der Waals surface area contributed by atoms with Crippen LogP contribution in [-0.2, 0) is 30.3 Å². The number of nitrogens with one attached hydrogen (secondary N) is 2. The molecular weight excluding hydrogens is 532 g/mol. The first-order valence-electron chi connectivity index (χ1n) is 13.8. The monoisotopic (exact) mass is 568 g/mol. The third-order valence-corrected chi connectivity index (χ3v) is 7.62. The Balaban J connectivity index is 1.45. The van der Waals surface area contributed by atoms with Crippen LogP contribution in [-0.4, -0.2) is 49.7 Å². The number of carbonyl (C=O) groups is 3. The number of amides is 2. The van der Waals surface area contributed by atoms with Crippen molar-refractivity contribution < 1.29 is 28.6 Å². The van der Waals surface area contributed by atoms with Gasteiger partial charge in [-0.2, -0.15) is 0 Å². The van der Waals surface area contributed by atoms with E-state index in [4.69, 9.17) is 25.8 Å². The summed E-state index contributed by atoms with van der Waals surface area (Å²) in [5.41, 5.74) is 1.89. The Morgan fingerprint density at radius 2 is 1.88 bits per heavy atom. The summed E-state index contributed by atoms with van der Waals surface area (Å²) in [7, 11) is 1.54. The van der Waals surface area contributed by atoms with Crippen molar-refractivity contribution in [1.29, 1.82) is 0 Å². The van der Waals surface area contributed by atoms with Gasteiger partial charge in [0.25, 0.3) is 0 Å². The van der Waals surface area contributed by atoms with Crippen LogP contribution in [0.5, 0.6) is 5.75 Å². The van der Waals surface area contributed by atoms with Gasteiger partial charge in [-0.05, 0) is 42.2 Å². The van der Waals surface area contributed by atoms with E-state index in [1.165, 1.54) is 13.2 Å². The molecule has 2 amide bonds. The number of esters is 1. The molecule has 5 atom stereocenters. The number of epoxide rings is 1. The molecule has 40 heavy (non-hydrogen) atoms. The van der Waals surface area contributed by atoms with Crippen LogP contribution in [0.4, 0.5) is 0 Å². The highest BCUT2D eigenvalue weighted by Crippen LogP contribution is 2.45. The summed E-state index contributed by atoms with van der Waals surface area (Å²) in [6.07, 6.45) is 5.61. The van der Waals surface area contributed by atoms with E-state index in [1.54, 1.807) is 18.2 Å². The second-order valence-corrected chi connectivity index (χ2v) is 10.7. The maximum absolute atomic E-state index is 13.0. The zero-order valence-corrected chi connectivity index (χ0v) is 23.7. The molecule has 0 bridgehead atoms. The zero-order valence-electron chi connectivity index (χ0n) is 22.9. The van der Waals surface area contributed by atoms with Gasteiger partial charge in [0.15, 0.2) is 0 Å². The highest BCUT2D eigenvalue weighted by molar-refractivity contribution is 6.32. The molecule has 4 rings (SSSR count). The lowest BCUT2D eigenvalue weighted by Crippen LogP contribution is -2.47. The van der Waals surface area contributed by atoms with Crippen molar-refractivity contribution in [1.82, 2.24) is 10.6 Å². The van der Waals surface area contributed by atoms with Crippen molar-refractivity contribution in [3.05, 3.63) is 76.8 Å². The van der Waals surface area contributed by atoms with Crippen molar-refractivity contribution in [3.8, 4) is 5.75 Å². The van der Waals surface area contributed by atoms with Crippen molar-refractivity contribution in [2.24, 2.45) is 5.92 Å². The average Bonchev–Trinajstić information content (AvgIpc) is 3.75. The van der Waals surface area contributed by atoms with E-state index in [-0.39, 0.29) is 36.4 Å². The number of hydrogen-bond donors (Lipinski definition) is 2. The van der Waals surface area contributed by atoms with E-state index < -0.39 is 18.1 Å². The van der Waals surface area contributed by atoms with Gasteiger partial charge in [-0.3, -0.25) is 14.4 Å². The predicted octanol–water partition coefficient (Wildman–Crippen LogP) is 4.70. The lowest BCUT2D eigenvalue weighted by molar-refractivity contribution is -0.152. The molecule has 9 heteroatoms. The smallest absolute Gasteiger partial charge is 0.306 e. The van der Waals surface area contributed by atoms with Gasteiger partial charge in [0, 0.05) is 31.7 Å². The van der Waals surface area contributed by atoms with Gasteiger partial charge in [-0.1, -0.05) is 67.4 Å². The van der Waals surface area contributed by atoms with Crippen LogP contribution in [0.15, 0.2) is 60.7 Å². The number of carbonyl (C=O) groups excluding carboxylic acids is 3. The highest BCUT2D eigenvalue weighted by atomic mass is 35.5. The van der Waals surface area contributed by atoms with Gasteiger partial charge in [-0.15, -0.1) is 0 Å². The molecule has 0 spiro atoms. The van der Waals surface area contributed by atoms with Crippen molar-refractivity contribution in [2.45, 2.75) is 69.8 Å². The van der Waals surface area contributed by atoms with E-state index in [2.05, 4.69) is 10.6 Å². The van der Waals surface area contributed by atoms with Crippen LogP contribution in [0.25, 0.3) is 0 Å². The Morgan fingerprint density at radius 1 is 1.07 bits per heavy atom. The number of hydrogen-bond acceptors (Lipinski definition) is 6. The normalized spacial score (nSPS) is 26.1. The molecule has 2 aliphatic rings. The molecular formula is C31H37ClN2O6. The van der Waals surface area contributed by atoms with Gasteiger partial charge in [-0.25, -0.2) is 0 Å². The Morgan fingerprint density at radius 3 is 2.62 bits per heavy atom. The standard InChI is InChI=1S/C31H37ClN2O6/c1-20(29-30(40-29)22-10-5-3-6-11-22)25-12-9-13-27(35)34-24(19-21-15-16-26(38-2)23(32)18-21)31(37)33-17-8-4-7-14-28(36)39-25/h3,5-6,9-11,13,15-16,18,20,24-25,29-30H,4,7-8,12,14,17,19H2,1-2H3,(H,33,37)(H,34,35)/b13-9+/t20-,24?,25?,29?,30?/m0/s1. The third-order valence-electron chi connectivity index (χ3n) is 7.32. The topological polar surface area (TPSA) is 106 Å². The summed E-state index contributed by atoms with van der Waals surface area (Å²) in [5.74, 6) is -0.477. The Bertz CT molecular complexity index is 1200. The van der Waals surface area contributed by atoms with Crippen LogP contribution in [0.2, 0.25) is 5.02 Å². The predicted molar refractivity (Wildman–Crippen MR) is 152 cm³/mol. The molecule has 8 nitrogen and oxygen atoms in total. The summed E-state index contributed by atoms with van der Waals surface area (Å²) in [6, 6.07) is 14.5. The van der Waals surface area contributed by atoms with E-state index >= 15 is 0 Å². The van der Waals surface area contributed by atoms with Gasteiger partial charge < -0.3 is 24.8 Å². The summed E-state index contributed by atoms with van der Waals surface area (Å²) in [5, 5.41) is 6.15. The average molecular weight is 569 g/mol. The molecule has 2 aromatic rings. The summed E-state index contributed by atoms with van der Waals surface area (Å²) >= 11 is 6.27. The van der Waals surface area contributed by atoms with Crippen molar-refractivity contribution >= 4 is 29.4 Å². The van der Waals surface area contributed by atoms with Gasteiger partial charge >= 0.3 is 5.97 Å². The molecule has 1 saturated heterocycles. The molecule has 4 unspecified atom stereocenters. The molecule has 0 radical (unpaired) electrons. The molecule has 2 aliphatic heterocycles. The minimum absolute atomic E-state index is 0.0340. The first kappa shape index (κ1) is 29.6. The molecule has 0 aliphatic carbocycles. The molecule has 1 fully saturated rings. The third kappa shape index (κ3) is 8.32. The largest absolute Gasteiger partial charge is 0.495 e. The fourth-order valence-electron chi connectivity index (χ4n) is 4.96. The molecule has 2 heterocycles. The van der Waals surface area contributed by atoms with Crippen molar-refractivity contribution in [3.63, 3.8) is 0 Å². The molecule has 0 aromatic heterocycles. The lowest BCUT2D eigenvalue weighted by Gasteiger charge is -2.22. The van der Waals surface area contributed by atoms with E-state index in [1.807, 2.05) is 43.3 Å². The van der Waals surface area contributed by atoms with E-state index in [9.17, 15) is 14.4 Å². The first-order chi connectivity index (χ1) is 19.4. The van der Waals surface area contributed by atoms with Gasteiger partial charge in [0.05, 0.1) is 18.2 Å². The maximum Gasteiger partial charge on any atom is 0.306 e. The molecule has 0 saturated carbocycles. The molecule has 2 N–H and O–H groups in total. The summed E-state index contributed by atoms with van der Waals surface area (Å²) < 4.78 is 17.1. The van der Waals surface area contributed by atoms with E-state index in [0.29, 0.717) is 43.0 Å². The van der Waals surface area contributed by atoms with Crippen LogP contribution < -0.4 is 15.4 Å².